The predicted molar refractivity (Wildman–Crippen MR) is 90.6 cm³/mol. The van der Waals surface area contributed by atoms with Crippen molar-refractivity contribution in [3.63, 3.8) is 0 Å². The standard InChI is InChI=1S/C19H14O5/c1-9-5-4-6-11-14(9)12(18(20)22-3)7-13-16(11)24-19(21)15-10(2)8-23-17(13)15/h4-8H,1-3H3. The number of fused-ring (bicyclic) bond motifs is 5. The van der Waals surface area contributed by atoms with E-state index in [0.717, 1.165) is 5.56 Å². The Balaban J connectivity index is 2.34. The quantitative estimate of drug-likeness (QED) is 0.300. The van der Waals surface area contributed by atoms with Gasteiger partial charge >= 0.3 is 11.6 Å². The van der Waals surface area contributed by atoms with Gasteiger partial charge in [-0.05, 0) is 25.5 Å². The molecule has 0 amide bonds. The third-order valence-corrected chi connectivity index (χ3v) is 4.34. The van der Waals surface area contributed by atoms with E-state index in [1.54, 1.807) is 13.0 Å². The van der Waals surface area contributed by atoms with Gasteiger partial charge in [0, 0.05) is 16.3 Å². The first-order valence-corrected chi connectivity index (χ1v) is 7.48. The number of carbonyl (C=O) groups excluding carboxylic acids is 1. The number of ether oxygens (including phenoxy) is 1. The molecule has 0 atom stereocenters. The highest BCUT2D eigenvalue weighted by Crippen LogP contribution is 2.35. The van der Waals surface area contributed by atoms with Crippen molar-refractivity contribution in [2.45, 2.75) is 13.8 Å². The Morgan fingerprint density at radius 1 is 1.04 bits per heavy atom. The van der Waals surface area contributed by atoms with Gasteiger partial charge in [0.15, 0.2) is 5.58 Å². The zero-order chi connectivity index (χ0) is 17.0. The van der Waals surface area contributed by atoms with E-state index < -0.39 is 11.6 Å². The number of carbonyl (C=O) groups is 1. The molecule has 0 aliphatic heterocycles. The molecule has 2 aromatic carbocycles. The first-order valence-electron chi connectivity index (χ1n) is 7.48. The largest absolute Gasteiger partial charge is 0.465 e. The Hall–Kier alpha value is -3.08. The Labute approximate surface area is 136 Å². The van der Waals surface area contributed by atoms with Gasteiger partial charge in [0.25, 0.3) is 0 Å². The molecular weight excluding hydrogens is 308 g/mol. The molecule has 0 saturated carbocycles. The minimum Gasteiger partial charge on any atom is -0.465 e. The van der Waals surface area contributed by atoms with E-state index in [9.17, 15) is 9.59 Å². The molecule has 0 N–H and O–H groups in total. The lowest BCUT2D eigenvalue weighted by molar-refractivity contribution is 0.0603. The number of aryl methyl sites for hydroxylation is 2. The average molecular weight is 322 g/mol. The highest BCUT2D eigenvalue weighted by molar-refractivity contribution is 6.19. The molecule has 2 heterocycles. The van der Waals surface area contributed by atoms with Gasteiger partial charge in [-0.2, -0.15) is 0 Å². The number of rotatable bonds is 1. The second-order valence-corrected chi connectivity index (χ2v) is 5.80. The van der Waals surface area contributed by atoms with Crippen LogP contribution in [0.2, 0.25) is 0 Å². The zero-order valence-electron chi connectivity index (χ0n) is 13.4. The van der Waals surface area contributed by atoms with Crippen molar-refractivity contribution in [1.29, 1.82) is 0 Å². The van der Waals surface area contributed by atoms with Crippen molar-refractivity contribution in [2.75, 3.05) is 7.11 Å². The molecule has 5 heteroatoms. The van der Waals surface area contributed by atoms with Crippen LogP contribution in [0.1, 0.15) is 21.5 Å². The topological polar surface area (TPSA) is 69.7 Å². The SMILES string of the molecule is COC(=O)c1cc2c3occ(C)c3c(=O)oc2c2cccc(C)c12. The number of methoxy groups -OCH3 is 1. The molecular formula is C19H14O5. The Kier molecular flexibility index (Phi) is 3.00. The average Bonchev–Trinajstić information content (AvgIpc) is 2.97. The van der Waals surface area contributed by atoms with E-state index >= 15 is 0 Å². The maximum atomic E-state index is 12.4. The molecule has 5 nitrogen and oxygen atoms in total. The first kappa shape index (κ1) is 14.5. The molecule has 4 aromatic rings. The molecule has 0 spiro atoms. The maximum absolute atomic E-state index is 12.4. The zero-order valence-corrected chi connectivity index (χ0v) is 13.4. The lowest BCUT2D eigenvalue weighted by Gasteiger charge is -2.10. The number of furan rings is 1. The van der Waals surface area contributed by atoms with Gasteiger partial charge in [0.2, 0.25) is 0 Å². The van der Waals surface area contributed by atoms with Crippen molar-refractivity contribution in [3.05, 3.63) is 57.6 Å². The van der Waals surface area contributed by atoms with Crippen LogP contribution in [0.5, 0.6) is 0 Å². The van der Waals surface area contributed by atoms with Gasteiger partial charge in [-0.25, -0.2) is 9.59 Å². The molecule has 0 aliphatic carbocycles. The molecule has 0 radical (unpaired) electrons. The van der Waals surface area contributed by atoms with Crippen LogP contribution >= 0.6 is 0 Å². The Morgan fingerprint density at radius 2 is 1.83 bits per heavy atom. The van der Waals surface area contributed by atoms with Crippen LogP contribution in [-0.2, 0) is 4.74 Å². The van der Waals surface area contributed by atoms with Gasteiger partial charge in [-0.15, -0.1) is 0 Å². The minimum atomic E-state index is -0.447. The summed E-state index contributed by atoms with van der Waals surface area (Å²) >= 11 is 0. The molecule has 24 heavy (non-hydrogen) atoms. The lowest BCUT2D eigenvalue weighted by atomic mass is 9.96. The van der Waals surface area contributed by atoms with Crippen LogP contribution in [0.4, 0.5) is 0 Å². The van der Waals surface area contributed by atoms with Crippen molar-refractivity contribution in [1.82, 2.24) is 0 Å². The van der Waals surface area contributed by atoms with Crippen LogP contribution in [0.3, 0.4) is 0 Å². The normalized spacial score (nSPS) is 11.5. The van der Waals surface area contributed by atoms with Crippen molar-refractivity contribution in [2.24, 2.45) is 0 Å². The summed E-state index contributed by atoms with van der Waals surface area (Å²) in [6.45, 7) is 3.68. The van der Waals surface area contributed by atoms with Crippen LogP contribution in [0.25, 0.3) is 32.7 Å². The molecule has 2 aromatic heterocycles. The van der Waals surface area contributed by atoms with Crippen molar-refractivity contribution < 1.29 is 18.4 Å². The van der Waals surface area contributed by atoms with Gasteiger partial charge in [0.05, 0.1) is 24.3 Å². The van der Waals surface area contributed by atoms with Crippen LogP contribution in [-0.4, -0.2) is 13.1 Å². The molecule has 0 fully saturated rings. The predicted octanol–water partition coefficient (Wildman–Crippen LogP) is 4.10. The Bertz CT molecular complexity index is 1190. The van der Waals surface area contributed by atoms with Gasteiger partial charge in [-0.3, -0.25) is 0 Å². The van der Waals surface area contributed by atoms with E-state index in [0.29, 0.717) is 43.8 Å². The summed E-state index contributed by atoms with van der Waals surface area (Å²) in [4.78, 5) is 24.6. The van der Waals surface area contributed by atoms with Gasteiger partial charge in [-0.1, -0.05) is 18.2 Å². The fraction of sp³-hybridized carbons (Fsp3) is 0.158. The lowest BCUT2D eigenvalue weighted by Crippen LogP contribution is -2.05. The smallest absolute Gasteiger partial charge is 0.347 e. The third-order valence-electron chi connectivity index (χ3n) is 4.34. The van der Waals surface area contributed by atoms with Gasteiger partial charge < -0.3 is 13.6 Å². The minimum absolute atomic E-state index is 0.394. The fourth-order valence-electron chi connectivity index (χ4n) is 3.23. The number of hydrogen-bond donors (Lipinski definition) is 0. The summed E-state index contributed by atoms with van der Waals surface area (Å²) in [5, 5.41) is 2.37. The van der Waals surface area contributed by atoms with E-state index in [4.69, 9.17) is 13.6 Å². The highest BCUT2D eigenvalue weighted by atomic mass is 16.5. The second-order valence-electron chi connectivity index (χ2n) is 5.80. The van der Waals surface area contributed by atoms with Crippen molar-refractivity contribution in [3.8, 4) is 0 Å². The van der Waals surface area contributed by atoms with Crippen LogP contribution in [0.15, 0.2) is 44.2 Å². The maximum Gasteiger partial charge on any atom is 0.347 e. The van der Waals surface area contributed by atoms with Crippen LogP contribution < -0.4 is 5.63 Å². The number of benzene rings is 2. The molecule has 120 valence electrons. The molecule has 0 saturated heterocycles. The highest BCUT2D eigenvalue weighted by Gasteiger charge is 2.21. The van der Waals surface area contributed by atoms with E-state index in [1.165, 1.54) is 13.4 Å². The van der Waals surface area contributed by atoms with Gasteiger partial charge in [0.1, 0.15) is 11.0 Å². The van der Waals surface area contributed by atoms with E-state index in [1.807, 2.05) is 25.1 Å². The van der Waals surface area contributed by atoms with E-state index in [-0.39, 0.29) is 0 Å². The molecule has 0 unspecified atom stereocenters. The molecule has 4 rings (SSSR count). The monoisotopic (exact) mass is 322 g/mol. The molecule has 0 aliphatic rings. The summed E-state index contributed by atoms with van der Waals surface area (Å²) in [5.41, 5.74) is 2.40. The summed E-state index contributed by atoms with van der Waals surface area (Å²) in [6, 6.07) is 7.25. The fourth-order valence-corrected chi connectivity index (χ4v) is 3.23. The Morgan fingerprint density at radius 3 is 2.58 bits per heavy atom. The number of hydrogen-bond acceptors (Lipinski definition) is 5. The number of esters is 1. The third kappa shape index (κ3) is 1.81. The van der Waals surface area contributed by atoms with Crippen LogP contribution in [0, 0.1) is 13.8 Å². The van der Waals surface area contributed by atoms with E-state index in [2.05, 4.69) is 0 Å². The second kappa shape index (κ2) is 4.96. The first-order chi connectivity index (χ1) is 11.5. The summed E-state index contributed by atoms with van der Waals surface area (Å²) in [7, 11) is 1.34. The van der Waals surface area contributed by atoms with Crippen molar-refractivity contribution >= 4 is 38.7 Å². The molecule has 0 bridgehead atoms. The summed E-state index contributed by atoms with van der Waals surface area (Å²) in [5.74, 6) is -0.446. The summed E-state index contributed by atoms with van der Waals surface area (Å²) < 4.78 is 16.1. The summed E-state index contributed by atoms with van der Waals surface area (Å²) in [6.07, 6.45) is 1.51.